The summed E-state index contributed by atoms with van der Waals surface area (Å²) in [5, 5.41) is 9.70. The second kappa shape index (κ2) is 4.91. The molecule has 0 radical (unpaired) electrons. The highest BCUT2D eigenvalue weighted by atomic mass is 16.5. The molecule has 1 heterocycles. The second-order valence-corrected chi connectivity index (χ2v) is 3.99. The van der Waals surface area contributed by atoms with Crippen molar-refractivity contribution < 1.29 is 9.53 Å². The number of anilines is 1. The fourth-order valence-corrected chi connectivity index (χ4v) is 1.66. The number of nitrogens with one attached hydrogen (secondary N) is 2. The zero-order valence-corrected chi connectivity index (χ0v) is 10.6. The fourth-order valence-electron chi connectivity index (χ4n) is 1.66. The zero-order chi connectivity index (χ0) is 13.1. The molecule has 0 aliphatic heterocycles. The van der Waals surface area contributed by atoms with Crippen molar-refractivity contribution in [2.45, 2.75) is 13.8 Å². The minimum atomic E-state index is -0.162. The molecule has 0 aliphatic carbocycles. The standard InChI is InChI=1S/C13H15N3O2/c1-8-12(9(2)16-15-8)14-13(17)10-4-6-11(18-3)7-5-10/h4-7H,1-3H3,(H,14,17)(H,15,16). The van der Waals surface area contributed by atoms with Crippen molar-refractivity contribution in [2.75, 3.05) is 12.4 Å². The lowest BCUT2D eigenvalue weighted by Gasteiger charge is -2.06. The van der Waals surface area contributed by atoms with E-state index >= 15 is 0 Å². The van der Waals surface area contributed by atoms with Gasteiger partial charge in [-0.1, -0.05) is 0 Å². The van der Waals surface area contributed by atoms with Crippen LogP contribution in [0.1, 0.15) is 21.7 Å². The lowest BCUT2D eigenvalue weighted by Crippen LogP contribution is -2.12. The lowest BCUT2D eigenvalue weighted by atomic mass is 10.2. The third kappa shape index (κ3) is 2.34. The van der Waals surface area contributed by atoms with Gasteiger partial charge < -0.3 is 10.1 Å². The first-order valence-electron chi connectivity index (χ1n) is 5.59. The summed E-state index contributed by atoms with van der Waals surface area (Å²) in [6.07, 6.45) is 0. The molecule has 5 nitrogen and oxygen atoms in total. The van der Waals surface area contributed by atoms with Crippen molar-refractivity contribution in [3.05, 3.63) is 41.2 Å². The van der Waals surface area contributed by atoms with E-state index in [0.29, 0.717) is 5.56 Å². The fraction of sp³-hybridized carbons (Fsp3) is 0.231. The van der Waals surface area contributed by atoms with Crippen LogP contribution in [0.15, 0.2) is 24.3 Å². The number of amides is 1. The predicted octanol–water partition coefficient (Wildman–Crippen LogP) is 2.29. The normalized spacial score (nSPS) is 10.2. The van der Waals surface area contributed by atoms with E-state index in [2.05, 4.69) is 15.5 Å². The van der Waals surface area contributed by atoms with E-state index in [4.69, 9.17) is 4.74 Å². The van der Waals surface area contributed by atoms with Gasteiger partial charge in [-0.3, -0.25) is 9.89 Å². The maximum absolute atomic E-state index is 12.0. The van der Waals surface area contributed by atoms with Crippen LogP contribution in [0.3, 0.4) is 0 Å². The summed E-state index contributed by atoms with van der Waals surface area (Å²) in [5.74, 6) is 0.562. The minimum Gasteiger partial charge on any atom is -0.497 e. The number of ether oxygens (including phenoxy) is 1. The van der Waals surface area contributed by atoms with Crippen LogP contribution < -0.4 is 10.1 Å². The molecule has 0 spiro atoms. The highest BCUT2D eigenvalue weighted by molar-refractivity contribution is 6.04. The zero-order valence-electron chi connectivity index (χ0n) is 10.6. The number of aryl methyl sites for hydroxylation is 2. The van der Waals surface area contributed by atoms with E-state index in [-0.39, 0.29) is 5.91 Å². The maximum atomic E-state index is 12.0. The minimum absolute atomic E-state index is 0.162. The largest absolute Gasteiger partial charge is 0.497 e. The Hall–Kier alpha value is -2.30. The van der Waals surface area contributed by atoms with Crippen LogP contribution in [0.4, 0.5) is 5.69 Å². The van der Waals surface area contributed by atoms with Crippen molar-refractivity contribution in [2.24, 2.45) is 0 Å². The van der Waals surface area contributed by atoms with Gasteiger partial charge in [-0.15, -0.1) is 0 Å². The summed E-state index contributed by atoms with van der Waals surface area (Å²) < 4.78 is 5.05. The number of hydrogen-bond acceptors (Lipinski definition) is 3. The number of aromatic nitrogens is 2. The van der Waals surface area contributed by atoms with Crippen molar-refractivity contribution in [3.63, 3.8) is 0 Å². The van der Waals surface area contributed by atoms with Crippen LogP contribution in [-0.2, 0) is 0 Å². The Kier molecular flexibility index (Phi) is 3.32. The van der Waals surface area contributed by atoms with Gasteiger partial charge in [0.05, 0.1) is 24.2 Å². The molecule has 1 aromatic heterocycles. The van der Waals surface area contributed by atoms with Gasteiger partial charge in [0.25, 0.3) is 5.91 Å². The van der Waals surface area contributed by atoms with Crippen LogP contribution in [0.25, 0.3) is 0 Å². The molecule has 2 rings (SSSR count). The van der Waals surface area contributed by atoms with E-state index in [1.54, 1.807) is 31.4 Å². The number of carbonyl (C=O) groups excluding carboxylic acids is 1. The molecule has 0 bridgehead atoms. The highest BCUT2D eigenvalue weighted by Gasteiger charge is 2.11. The van der Waals surface area contributed by atoms with Crippen LogP contribution in [0.2, 0.25) is 0 Å². The molecule has 5 heteroatoms. The van der Waals surface area contributed by atoms with Crippen LogP contribution in [0, 0.1) is 13.8 Å². The third-order valence-corrected chi connectivity index (χ3v) is 2.72. The smallest absolute Gasteiger partial charge is 0.255 e. The molecule has 0 atom stereocenters. The van der Waals surface area contributed by atoms with Gasteiger partial charge in [-0.25, -0.2) is 0 Å². The molecular weight excluding hydrogens is 230 g/mol. The summed E-state index contributed by atoms with van der Waals surface area (Å²) in [6, 6.07) is 6.95. The number of hydrogen-bond donors (Lipinski definition) is 2. The van der Waals surface area contributed by atoms with Crippen LogP contribution >= 0.6 is 0 Å². The molecule has 18 heavy (non-hydrogen) atoms. The van der Waals surface area contributed by atoms with Gasteiger partial charge in [-0.2, -0.15) is 5.10 Å². The van der Waals surface area contributed by atoms with Gasteiger partial charge in [0.2, 0.25) is 0 Å². The first-order chi connectivity index (χ1) is 8.61. The van der Waals surface area contributed by atoms with Crippen molar-refractivity contribution in [1.82, 2.24) is 10.2 Å². The Morgan fingerprint density at radius 2 is 1.94 bits per heavy atom. The van der Waals surface area contributed by atoms with Gasteiger partial charge in [0, 0.05) is 5.56 Å². The van der Waals surface area contributed by atoms with Gasteiger partial charge in [0.15, 0.2) is 0 Å². The Bertz CT molecular complexity index is 539. The number of carbonyl (C=O) groups is 1. The highest BCUT2D eigenvalue weighted by Crippen LogP contribution is 2.18. The van der Waals surface area contributed by atoms with E-state index in [9.17, 15) is 4.79 Å². The van der Waals surface area contributed by atoms with Crippen molar-refractivity contribution in [3.8, 4) is 5.75 Å². The molecule has 1 aromatic carbocycles. The Morgan fingerprint density at radius 3 is 2.44 bits per heavy atom. The van der Waals surface area contributed by atoms with E-state index in [0.717, 1.165) is 22.8 Å². The molecule has 0 fully saturated rings. The molecule has 1 amide bonds. The number of nitrogens with zero attached hydrogens (tertiary/aromatic N) is 1. The van der Waals surface area contributed by atoms with Crippen LogP contribution in [-0.4, -0.2) is 23.2 Å². The second-order valence-electron chi connectivity index (χ2n) is 3.99. The number of rotatable bonds is 3. The summed E-state index contributed by atoms with van der Waals surface area (Å²) in [4.78, 5) is 12.0. The quantitative estimate of drug-likeness (QED) is 0.871. The number of methoxy groups -OCH3 is 1. The number of benzene rings is 1. The SMILES string of the molecule is COc1ccc(C(=O)Nc2c(C)n[nH]c2C)cc1. The molecule has 0 saturated carbocycles. The topological polar surface area (TPSA) is 67.0 Å². The molecule has 0 unspecified atom stereocenters. The summed E-state index contributed by atoms with van der Waals surface area (Å²) in [7, 11) is 1.59. The number of aromatic amines is 1. The Labute approximate surface area is 105 Å². The van der Waals surface area contributed by atoms with Gasteiger partial charge in [-0.05, 0) is 38.1 Å². The van der Waals surface area contributed by atoms with E-state index in [1.165, 1.54) is 0 Å². The van der Waals surface area contributed by atoms with Gasteiger partial charge in [0.1, 0.15) is 5.75 Å². The lowest BCUT2D eigenvalue weighted by molar-refractivity contribution is 0.102. The molecular formula is C13H15N3O2. The van der Waals surface area contributed by atoms with Crippen LogP contribution in [0.5, 0.6) is 5.75 Å². The van der Waals surface area contributed by atoms with Crippen molar-refractivity contribution >= 4 is 11.6 Å². The maximum Gasteiger partial charge on any atom is 0.255 e. The molecule has 94 valence electrons. The van der Waals surface area contributed by atoms with Gasteiger partial charge >= 0.3 is 0 Å². The number of H-pyrrole nitrogens is 1. The molecule has 0 saturated heterocycles. The first-order valence-corrected chi connectivity index (χ1v) is 5.59. The monoisotopic (exact) mass is 245 g/mol. The molecule has 2 aromatic rings. The summed E-state index contributed by atoms with van der Waals surface area (Å²) >= 11 is 0. The van der Waals surface area contributed by atoms with Crippen molar-refractivity contribution in [1.29, 1.82) is 0 Å². The Balaban J connectivity index is 2.17. The van der Waals surface area contributed by atoms with E-state index < -0.39 is 0 Å². The summed E-state index contributed by atoms with van der Waals surface area (Å²) in [5.41, 5.74) is 2.93. The molecule has 0 aliphatic rings. The predicted molar refractivity (Wildman–Crippen MR) is 69.0 cm³/mol. The average molecular weight is 245 g/mol. The third-order valence-electron chi connectivity index (χ3n) is 2.72. The summed E-state index contributed by atoms with van der Waals surface area (Å²) in [6.45, 7) is 3.71. The Morgan fingerprint density at radius 1 is 1.28 bits per heavy atom. The average Bonchev–Trinajstić information content (AvgIpc) is 2.70. The first kappa shape index (κ1) is 12.2. The molecule has 2 N–H and O–H groups in total. The van der Waals surface area contributed by atoms with E-state index in [1.807, 2.05) is 13.8 Å².